The zero-order valence-corrected chi connectivity index (χ0v) is 11.1. The molecule has 1 heterocycles. The fraction of sp³-hybridized carbons (Fsp3) is 0.286. The highest BCUT2D eigenvalue weighted by Gasteiger charge is 2.15. The van der Waals surface area contributed by atoms with Gasteiger partial charge in [0.15, 0.2) is 0 Å². The SMILES string of the molecule is Cc1nc(C)c(C(C)Nc2ccccc2F)c(=O)[nH]1. The number of benzene rings is 1. The minimum atomic E-state index is -0.344. The van der Waals surface area contributed by atoms with Crippen LogP contribution in [0, 0.1) is 19.7 Å². The van der Waals surface area contributed by atoms with Crippen molar-refractivity contribution in [2.45, 2.75) is 26.8 Å². The van der Waals surface area contributed by atoms with E-state index in [9.17, 15) is 9.18 Å². The summed E-state index contributed by atoms with van der Waals surface area (Å²) in [4.78, 5) is 18.8. The van der Waals surface area contributed by atoms with Crippen molar-refractivity contribution in [3.63, 3.8) is 0 Å². The number of aryl methyl sites for hydroxylation is 2. The van der Waals surface area contributed by atoms with Crippen LogP contribution in [0.4, 0.5) is 10.1 Å². The van der Waals surface area contributed by atoms with Gasteiger partial charge in [-0.1, -0.05) is 12.1 Å². The highest BCUT2D eigenvalue weighted by Crippen LogP contribution is 2.20. The molecule has 0 bridgehead atoms. The summed E-state index contributed by atoms with van der Waals surface area (Å²) in [7, 11) is 0. The molecule has 2 aromatic rings. The summed E-state index contributed by atoms with van der Waals surface area (Å²) in [5.41, 5.74) is 1.35. The number of hydrogen-bond donors (Lipinski definition) is 2. The summed E-state index contributed by atoms with van der Waals surface area (Å²) in [6.07, 6.45) is 0. The first-order chi connectivity index (χ1) is 8.99. The normalized spacial score (nSPS) is 12.2. The van der Waals surface area contributed by atoms with Crippen molar-refractivity contribution in [1.82, 2.24) is 9.97 Å². The second kappa shape index (κ2) is 5.22. The van der Waals surface area contributed by atoms with Gasteiger partial charge in [-0.05, 0) is 32.9 Å². The molecule has 2 N–H and O–H groups in total. The minimum Gasteiger partial charge on any atom is -0.376 e. The average Bonchev–Trinajstić information content (AvgIpc) is 2.30. The number of nitrogens with zero attached hydrogens (tertiary/aromatic N) is 1. The Morgan fingerprint density at radius 3 is 2.63 bits per heavy atom. The number of hydrogen-bond acceptors (Lipinski definition) is 3. The maximum absolute atomic E-state index is 13.6. The van der Waals surface area contributed by atoms with Crippen molar-refractivity contribution in [2.75, 3.05) is 5.32 Å². The molecule has 19 heavy (non-hydrogen) atoms. The summed E-state index contributed by atoms with van der Waals surface area (Å²) in [6.45, 7) is 5.31. The molecule has 1 unspecified atom stereocenters. The van der Waals surface area contributed by atoms with Gasteiger partial charge in [0.2, 0.25) is 0 Å². The standard InChI is InChI=1S/C14H16FN3O/c1-8-13(14(19)18-10(3)16-8)9(2)17-12-7-5-4-6-11(12)15/h4-7,9,17H,1-3H3,(H,16,18,19). The van der Waals surface area contributed by atoms with E-state index in [-0.39, 0.29) is 17.4 Å². The van der Waals surface area contributed by atoms with E-state index in [1.165, 1.54) is 6.07 Å². The zero-order valence-electron chi connectivity index (χ0n) is 11.1. The van der Waals surface area contributed by atoms with E-state index < -0.39 is 0 Å². The molecule has 0 fully saturated rings. The summed E-state index contributed by atoms with van der Waals surface area (Å²) >= 11 is 0. The van der Waals surface area contributed by atoms with Gasteiger partial charge in [-0.3, -0.25) is 4.79 Å². The molecule has 0 saturated carbocycles. The quantitative estimate of drug-likeness (QED) is 0.893. The third-order valence-corrected chi connectivity index (χ3v) is 2.94. The van der Waals surface area contributed by atoms with Gasteiger partial charge >= 0.3 is 0 Å². The van der Waals surface area contributed by atoms with Crippen LogP contribution in [0.25, 0.3) is 0 Å². The van der Waals surface area contributed by atoms with Crippen LogP contribution >= 0.6 is 0 Å². The number of aromatic amines is 1. The molecule has 0 saturated heterocycles. The Hall–Kier alpha value is -2.17. The molecule has 0 aliphatic rings. The first kappa shape index (κ1) is 13.3. The van der Waals surface area contributed by atoms with Crippen LogP contribution in [0.1, 0.15) is 30.0 Å². The summed E-state index contributed by atoms with van der Waals surface area (Å²) in [6, 6.07) is 6.05. The number of halogens is 1. The van der Waals surface area contributed by atoms with E-state index in [0.717, 1.165) is 0 Å². The molecule has 4 nitrogen and oxygen atoms in total. The Kier molecular flexibility index (Phi) is 3.64. The lowest BCUT2D eigenvalue weighted by molar-refractivity contribution is 0.627. The van der Waals surface area contributed by atoms with E-state index in [4.69, 9.17) is 0 Å². The second-order valence-corrected chi connectivity index (χ2v) is 4.50. The van der Waals surface area contributed by atoms with Gasteiger partial charge in [-0.2, -0.15) is 0 Å². The van der Waals surface area contributed by atoms with Gasteiger partial charge in [0, 0.05) is 0 Å². The Labute approximate surface area is 110 Å². The minimum absolute atomic E-state index is 0.193. The Balaban J connectivity index is 2.33. The predicted octanol–water partition coefficient (Wildman–Crippen LogP) is 2.70. The second-order valence-electron chi connectivity index (χ2n) is 4.50. The van der Waals surface area contributed by atoms with Gasteiger partial charge in [0.1, 0.15) is 11.6 Å². The topological polar surface area (TPSA) is 57.8 Å². The summed E-state index contributed by atoms with van der Waals surface area (Å²) < 4.78 is 13.6. The van der Waals surface area contributed by atoms with Crippen LogP contribution in [0.5, 0.6) is 0 Å². The third-order valence-electron chi connectivity index (χ3n) is 2.94. The number of para-hydroxylation sites is 1. The van der Waals surface area contributed by atoms with Crippen molar-refractivity contribution in [3.8, 4) is 0 Å². The van der Waals surface area contributed by atoms with Crippen molar-refractivity contribution >= 4 is 5.69 Å². The molecule has 100 valence electrons. The predicted molar refractivity (Wildman–Crippen MR) is 72.8 cm³/mol. The summed E-state index contributed by atoms with van der Waals surface area (Å²) in [5, 5.41) is 2.99. The van der Waals surface area contributed by atoms with Crippen LogP contribution in [0.15, 0.2) is 29.1 Å². The van der Waals surface area contributed by atoms with Crippen LogP contribution in [0.3, 0.4) is 0 Å². The van der Waals surface area contributed by atoms with Gasteiger partial charge in [-0.15, -0.1) is 0 Å². The average molecular weight is 261 g/mol. The Morgan fingerprint density at radius 2 is 2.00 bits per heavy atom. The largest absolute Gasteiger partial charge is 0.376 e. The van der Waals surface area contributed by atoms with Crippen molar-refractivity contribution in [3.05, 3.63) is 57.5 Å². The number of aromatic nitrogens is 2. The Bertz CT molecular complexity index is 651. The van der Waals surface area contributed by atoms with E-state index >= 15 is 0 Å². The van der Waals surface area contributed by atoms with E-state index in [1.54, 1.807) is 39.0 Å². The van der Waals surface area contributed by atoms with Crippen LogP contribution in [-0.4, -0.2) is 9.97 Å². The number of anilines is 1. The molecule has 0 amide bonds. The lowest BCUT2D eigenvalue weighted by atomic mass is 10.1. The molecule has 1 aromatic carbocycles. The van der Waals surface area contributed by atoms with E-state index in [0.29, 0.717) is 22.8 Å². The smallest absolute Gasteiger partial charge is 0.256 e. The third kappa shape index (κ3) is 2.81. The molecule has 0 aliphatic carbocycles. The molecule has 2 rings (SSSR count). The molecule has 5 heteroatoms. The first-order valence-corrected chi connectivity index (χ1v) is 6.07. The number of nitrogens with one attached hydrogen (secondary N) is 2. The fourth-order valence-corrected chi connectivity index (χ4v) is 2.13. The molecular weight excluding hydrogens is 245 g/mol. The van der Waals surface area contributed by atoms with Crippen molar-refractivity contribution < 1.29 is 4.39 Å². The van der Waals surface area contributed by atoms with Crippen LogP contribution in [0.2, 0.25) is 0 Å². The van der Waals surface area contributed by atoms with E-state index in [1.807, 2.05) is 0 Å². The van der Waals surface area contributed by atoms with Gasteiger partial charge < -0.3 is 10.3 Å². The Morgan fingerprint density at radius 1 is 1.32 bits per heavy atom. The monoisotopic (exact) mass is 261 g/mol. The number of rotatable bonds is 3. The van der Waals surface area contributed by atoms with Crippen molar-refractivity contribution in [2.24, 2.45) is 0 Å². The number of H-pyrrole nitrogens is 1. The van der Waals surface area contributed by atoms with Crippen LogP contribution < -0.4 is 10.9 Å². The fourth-order valence-electron chi connectivity index (χ4n) is 2.13. The zero-order chi connectivity index (χ0) is 14.0. The highest BCUT2D eigenvalue weighted by atomic mass is 19.1. The summed E-state index contributed by atoms with van der Waals surface area (Å²) in [5.74, 6) is 0.229. The maximum atomic E-state index is 13.6. The van der Waals surface area contributed by atoms with Crippen LogP contribution in [-0.2, 0) is 0 Å². The highest BCUT2D eigenvalue weighted by molar-refractivity contribution is 5.46. The van der Waals surface area contributed by atoms with Gasteiger partial charge in [0.25, 0.3) is 5.56 Å². The molecule has 1 aromatic heterocycles. The van der Waals surface area contributed by atoms with Gasteiger partial charge in [0.05, 0.1) is 23.0 Å². The lowest BCUT2D eigenvalue weighted by Crippen LogP contribution is -2.23. The maximum Gasteiger partial charge on any atom is 0.256 e. The molecule has 0 radical (unpaired) electrons. The molecule has 0 spiro atoms. The lowest BCUT2D eigenvalue weighted by Gasteiger charge is -2.17. The van der Waals surface area contributed by atoms with Gasteiger partial charge in [-0.25, -0.2) is 9.37 Å². The first-order valence-electron chi connectivity index (χ1n) is 6.07. The van der Waals surface area contributed by atoms with Crippen molar-refractivity contribution in [1.29, 1.82) is 0 Å². The van der Waals surface area contributed by atoms with E-state index in [2.05, 4.69) is 15.3 Å². The molecule has 1 atom stereocenters. The molecule has 0 aliphatic heterocycles. The molecular formula is C14H16FN3O.